The molecule has 2 N–H and O–H groups in total. The number of Topliss-reactive ketones (excluding diaryl/α,β-unsaturated/α-hetero) is 2. The monoisotopic (exact) mass is 256 g/mol. The molecule has 1 aliphatic carbocycles. The minimum absolute atomic E-state index is 0.200. The molecule has 6 heteroatoms. The Morgan fingerprint density at radius 1 is 0.944 bits per heavy atom. The quantitative estimate of drug-likeness (QED) is 0.723. The fourth-order valence-electron chi connectivity index (χ4n) is 3.03. The van der Waals surface area contributed by atoms with Gasteiger partial charge in [-0.2, -0.15) is 0 Å². The van der Waals surface area contributed by atoms with Crippen LogP contribution in [0.3, 0.4) is 0 Å². The number of hydrogen-bond donors (Lipinski definition) is 2. The van der Waals surface area contributed by atoms with E-state index in [0.29, 0.717) is 0 Å². The highest BCUT2D eigenvalue weighted by Gasteiger charge is 2.69. The summed E-state index contributed by atoms with van der Waals surface area (Å²) in [6.45, 7) is 2.86. The third-order valence-corrected chi connectivity index (χ3v) is 4.05. The van der Waals surface area contributed by atoms with Gasteiger partial charge in [-0.1, -0.05) is 13.8 Å². The molecule has 2 unspecified atom stereocenters. The van der Waals surface area contributed by atoms with Gasteiger partial charge in [0.2, 0.25) is 0 Å². The molecular weight excluding hydrogens is 240 g/mol. The van der Waals surface area contributed by atoms with Crippen molar-refractivity contribution in [1.82, 2.24) is 0 Å². The average Bonchev–Trinajstić information content (AvgIpc) is 2.30. The van der Waals surface area contributed by atoms with Gasteiger partial charge in [-0.15, -0.1) is 0 Å². The SMILES string of the molecule is CCC1(C(=O)O)C(=O)CCC(=O)C1(CC)C(=O)O. The van der Waals surface area contributed by atoms with E-state index in [1.54, 1.807) is 0 Å². The Kier molecular flexibility index (Phi) is 3.59. The fourth-order valence-corrected chi connectivity index (χ4v) is 3.03. The first-order valence-corrected chi connectivity index (χ1v) is 5.84. The van der Waals surface area contributed by atoms with E-state index in [4.69, 9.17) is 0 Å². The number of rotatable bonds is 4. The first-order chi connectivity index (χ1) is 8.31. The first-order valence-electron chi connectivity index (χ1n) is 5.84. The smallest absolute Gasteiger partial charge is 0.318 e. The zero-order valence-corrected chi connectivity index (χ0v) is 10.4. The number of carbonyl (C=O) groups is 4. The van der Waals surface area contributed by atoms with Gasteiger partial charge in [-0.3, -0.25) is 19.2 Å². The summed E-state index contributed by atoms with van der Waals surface area (Å²) in [7, 11) is 0. The lowest BCUT2D eigenvalue weighted by Crippen LogP contribution is -2.63. The van der Waals surface area contributed by atoms with Crippen molar-refractivity contribution in [1.29, 1.82) is 0 Å². The van der Waals surface area contributed by atoms with Gasteiger partial charge >= 0.3 is 11.9 Å². The van der Waals surface area contributed by atoms with Gasteiger partial charge in [0.25, 0.3) is 0 Å². The van der Waals surface area contributed by atoms with Gasteiger partial charge in [0.05, 0.1) is 0 Å². The van der Waals surface area contributed by atoms with E-state index in [9.17, 15) is 29.4 Å². The van der Waals surface area contributed by atoms with Gasteiger partial charge in [0.1, 0.15) is 10.8 Å². The molecule has 0 heterocycles. The Hall–Kier alpha value is -1.72. The molecule has 100 valence electrons. The van der Waals surface area contributed by atoms with Crippen LogP contribution in [0.2, 0.25) is 0 Å². The van der Waals surface area contributed by atoms with E-state index in [0.717, 1.165) is 0 Å². The van der Waals surface area contributed by atoms with Crippen LogP contribution in [0.15, 0.2) is 0 Å². The predicted octanol–water partition coefficient (Wildman–Crippen LogP) is 0.880. The third kappa shape index (κ3) is 1.41. The van der Waals surface area contributed by atoms with E-state index in [2.05, 4.69) is 0 Å². The number of carboxylic acids is 2. The van der Waals surface area contributed by atoms with Crippen molar-refractivity contribution in [2.24, 2.45) is 10.8 Å². The summed E-state index contributed by atoms with van der Waals surface area (Å²) < 4.78 is 0. The van der Waals surface area contributed by atoms with Crippen molar-refractivity contribution < 1.29 is 29.4 Å². The molecule has 2 atom stereocenters. The second-order valence-corrected chi connectivity index (χ2v) is 4.47. The fraction of sp³-hybridized carbons (Fsp3) is 0.667. The molecule has 18 heavy (non-hydrogen) atoms. The Labute approximate surface area is 104 Å². The van der Waals surface area contributed by atoms with Crippen molar-refractivity contribution in [2.75, 3.05) is 0 Å². The largest absolute Gasteiger partial charge is 0.480 e. The molecule has 0 aromatic carbocycles. The van der Waals surface area contributed by atoms with Gasteiger partial charge in [-0.05, 0) is 12.8 Å². The summed E-state index contributed by atoms with van der Waals surface area (Å²) in [6, 6.07) is 0. The summed E-state index contributed by atoms with van der Waals surface area (Å²) in [4.78, 5) is 47.0. The predicted molar refractivity (Wildman–Crippen MR) is 60.0 cm³/mol. The maximum Gasteiger partial charge on any atom is 0.318 e. The van der Waals surface area contributed by atoms with Crippen LogP contribution in [0, 0.1) is 10.8 Å². The molecule has 1 fully saturated rings. The average molecular weight is 256 g/mol. The maximum atomic E-state index is 12.0. The van der Waals surface area contributed by atoms with Gasteiger partial charge in [0, 0.05) is 12.8 Å². The van der Waals surface area contributed by atoms with Crippen LogP contribution in [0.4, 0.5) is 0 Å². The zero-order valence-electron chi connectivity index (χ0n) is 10.4. The van der Waals surface area contributed by atoms with E-state index in [-0.39, 0.29) is 25.7 Å². The molecule has 6 nitrogen and oxygen atoms in total. The van der Waals surface area contributed by atoms with Crippen LogP contribution in [-0.4, -0.2) is 33.7 Å². The summed E-state index contributed by atoms with van der Waals surface area (Å²) in [5, 5.41) is 18.7. The molecule has 0 aromatic rings. The van der Waals surface area contributed by atoms with E-state index < -0.39 is 34.3 Å². The standard InChI is InChI=1S/C12H16O6/c1-3-11(9(15)16)7(13)5-6-8(14)12(11,4-2)10(17)18/h3-6H2,1-2H3,(H,15,16)(H,17,18). The van der Waals surface area contributed by atoms with Crippen LogP contribution in [0.25, 0.3) is 0 Å². The van der Waals surface area contributed by atoms with Crippen LogP contribution < -0.4 is 0 Å². The third-order valence-electron chi connectivity index (χ3n) is 4.05. The molecule has 1 aliphatic rings. The normalized spacial score (nSPS) is 32.3. The molecule has 1 saturated carbocycles. The first kappa shape index (κ1) is 14.3. The molecule has 0 aliphatic heterocycles. The van der Waals surface area contributed by atoms with Gasteiger partial charge in [-0.25, -0.2) is 0 Å². The molecule has 0 aromatic heterocycles. The highest BCUT2D eigenvalue weighted by molar-refractivity contribution is 6.20. The summed E-state index contributed by atoms with van der Waals surface area (Å²) in [5.41, 5.74) is -4.27. The van der Waals surface area contributed by atoms with Crippen molar-refractivity contribution in [3.63, 3.8) is 0 Å². The number of carbonyl (C=O) groups excluding carboxylic acids is 2. The van der Waals surface area contributed by atoms with Crippen LogP contribution >= 0.6 is 0 Å². The molecule has 0 spiro atoms. The highest BCUT2D eigenvalue weighted by Crippen LogP contribution is 2.51. The van der Waals surface area contributed by atoms with Crippen LogP contribution in [0.1, 0.15) is 39.5 Å². The van der Waals surface area contributed by atoms with E-state index in [1.165, 1.54) is 13.8 Å². The van der Waals surface area contributed by atoms with E-state index in [1.807, 2.05) is 0 Å². The van der Waals surface area contributed by atoms with Crippen LogP contribution in [0.5, 0.6) is 0 Å². The number of ketones is 2. The van der Waals surface area contributed by atoms with Crippen molar-refractivity contribution in [2.45, 2.75) is 39.5 Å². The number of hydrogen-bond acceptors (Lipinski definition) is 4. The Morgan fingerprint density at radius 3 is 1.39 bits per heavy atom. The molecular formula is C12H16O6. The maximum absolute atomic E-state index is 12.0. The summed E-state index contributed by atoms with van der Waals surface area (Å²) >= 11 is 0. The second-order valence-electron chi connectivity index (χ2n) is 4.47. The molecule has 0 saturated heterocycles. The lowest BCUT2D eigenvalue weighted by atomic mass is 9.52. The van der Waals surface area contributed by atoms with E-state index >= 15 is 0 Å². The Bertz CT molecular complexity index is 386. The van der Waals surface area contributed by atoms with Crippen molar-refractivity contribution >= 4 is 23.5 Å². The molecule has 0 bridgehead atoms. The summed E-state index contributed by atoms with van der Waals surface area (Å²) in [6.07, 6.45) is -0.803. The van der Waals surface area contributed by atoms with Gasteiger partial charge < -0.3 is 10.2 Å². The summed E-state index contributed by atoms with van der Waals surface area (Å²) in [5.74, 6) is -4.37. The lowest BCUT2D eigenvalue weighted by Gasteiger charge is -2.44. The Morgan fingerprint density at radius 2 is 1.22 bits per heavy atom. The number of carboxylic acid groups (broad SMARTS) is 2. The van der Waals surface area contributed by atoms with Crippen LogP contribution in [-0.2, 0) is 19.2 Å². The number of aliphatic carboxylic acids is 2. The molecule has 0 amide bonds. The Balaban J connectivity index is 3.65. The minimum Gasteiger partial charge on any atom is -0.480 e. The van der Waals surface area contributed by atoms with Gasteiger partial charge in [0.15, 0.2) is 11.6 Å². The zero-order chi connectivity index (χ0) is 14.1. The molecule has 0 radical (unpaired) electrons. The molecule has 1 rings (SSSR count). The lowest BCUT2D eigenvalue weighted by molar-refractivity contribution is -0.186. The second kappa shape index (κ2) is 4.51. The van der Waals surface area contributed by atoms with Crippen molar-refractivity contribution in [3.8, 4) is 0 Å². The highest BCUT2D eigenvalue weighted by atomic mass is 16.4. The minimum atomic E-state index is -2.14. The topological polar surface area (TPSA) is 109 Å². The van der Waals surface area contributed by atoms with Crippen molar-refractivity contribution in [3.05, 3.63) is 0 Å².